The summed E-state index contributed by atoms with van der Waals surface area (Å²) < 4.78 is 13.1. The lowest BCUT2D eigenvalue weighted by Crippen LogP contribution is -2.54. The van der Waals surface area contributed by atoms with E-state index < -0.39 is 11.3 Å². The summed E-state index contributed by atoms with van der Waals surface area (Å²) in [5.41, 5.74) is 0.719. The minimum Gasteiger partial charge on any atom is -0.368 e. The van der Waals surface area contributed by atoms with Crippen molar-refractivity contribution in [1.82, 2.24) is 4.90 Å². The molecule has 0 atom stereocenters. The lowest BCUT2D eigenvalue weighted by atomic mass is 9.89. The van der Waals surface area contributed by atoms with E-state index in [1.807, 2.05) is 6.07 Å². The number of benzene rings is 2. The van der Waals surface area contributed by atoms with Gasteiger partial charge in [-0.05, 0) is 62.4 Å². The summed E-state index contributed by atoms with van der Waals surface area (Å²) in [4.78, 5) is 29.5. The maximum atomic E-state index is 13.1. The van der Waals surface area contributed by atoms with Crippen LogP contribution in [-0.4, -0.2) is 42.9 Å². The van der Waals surface area contributed by atoms with Gasteiger partial charge in [-0.15, -0.1) is 0 Å². The molecule has 6 nitrogen and oxygen atoms in total. The van der Waals surface area contributed by atoms with Crippen LogP contribution in [0.4, 0.5) is 15.8 Å². The molecule has 2 amide bonds. The van der Waals surface area contributed by atoms with E-state index in [2.05, 4.69) is 10.2 Å². The first-order valence-electron chi connectivity index (χ1n) is 9.43. The fourth-order valence-electron chi connectivity index (χ4n) is 3.23. The Morgan fingerprint density at radius 2 is 1.59 bits per heavy atom. The molecule has 0 unspecified atom stereocenters. The molecule has 0 aliphatic carbocycles. The number of rotatable bonds is 4. The van der Waals surface area contributed by atoms with E-state index in [0.29, 0.717) is 37.4 Å². The molecule has 0 saturated carbocycles. The van der Waals surface area contributed by atoms with Crippen molar-refractivity contribution in [2.75, 3.05) is 36.4 Å². The molecule has 3 rings (SSSR count). The van der Waals surface area contributed by atoms with Gasteiger partial charge >= 0.3 is 0 Å². The van der Waals surface area contributed by atoms with Crippen molar-refractivity contribution in [1.29, 1.82) is 5.26 Å². The molecular weight excluding hydrogens is 371 g/mol. The highest BCUT2D eigenvalue weighted by Crippen LogP contribution is 2.24. The first kappa shape index (κ1) is 20.3. The van der Waals surface area contributed by atoms with Crippen LogP contribution in [0, 0.1) is 22.6 Å². The third-order valence-electron chi connectivity index (χ3n) is 5.13. The average Bonchev–Trinajstić information content (AvgIpc) is 2.74. The van der Waals surface area contributed by atoms with Crippen LogP contribution >= 0.6 is 0 Å². The molecule has 0 radical (unpaired) electrons. The Morgan fingerprint density at radius 1 is 1.00 bits per heavy atom. The molecule has 29 heavy (non-hydrogen) atoms. The van der Waals surface area contributed by atoms with Crippen LogP contribution in [0.25, 0.3) is 0 Å². The number of nitrogens with one attached hydrogen (secondary N) is 1. The third kappa shape index (κ3) is 4.54. The molecule has 1 saturated heterocycles. The highest BCUT2D eigenvalue weighted by atomic mass is 19.1. The van der Waals surface area contributed by atoms with Crippen molar-refractivity contribution >= 4 is 23.2 Å². The fourth-order valence-corrected chi connectivity index (χ4v) is 3.23. The molecule has 1 aliphatic rings. The number of hydrogen-bond acceptors (Lipinski definition) is 4. The van der Waals surface area contributed by atoms with Crippen LogP contribution in [0.1, 0.15) is 19.4 Å². The van der Waals surface area contributed by atoms with E-state index in [1.54, 1.807) is 55.1 Å². The van der Waals surface area contributed by atoms with Gasteiger partial charge in [-0.3, -0.25) is 9.59 Å². The minimum atomic E-state index is -1.23. The second-order valence-corrected chi connectivity index (χ2v) is 7.52. The Kier molecular flexibility index (Phi) is 5.83. The number of halogens is 1. The van der Waals surface area contributed by atoms with Crippen LogP contribution < -0.4 is 10.2 Å². The molecule has 0 aromatic heterocycles. The standard InChI is InChI=1S/C22H23FN4O2/c1-22(2,20(28)25-18-7-3-16(15-24)4-8-18)21(29)27-13-11-26(12-14-27)19-9-5-17(23)6-10-19/h3-10H,11-14H2,1-2H3,(H,25,28). The van der Waals surface area contributed by atoms with Crippen molar-refractivity contribution in [2.24, 2.45) is 5.41 Å². The molecule has 1 aliphatic heterocycles. The summed E-state index contributed by atoms with van der Waals surface area (Å²) in [5, 5.41) is 11.6. The summed E-state index contributed by atoms with van der Waals surface area (Å²) in [6.45, 7) is 5.43. The fraction of sp³-hybridized carbons (Fsp3) is 0.318. The maximum Gasteiger partial charge on any atom is 0.239 e. The van der Waals surface area contributed by atoms with Crippen molar-refractivity contribution in [3.63, 3.8) is 0 Å². The van der Waals surface area contributed by atoms with Gasteiger partial charge in [0.15, 0.2) is 0 Å². The van der Waals surface area contributed by atoms with E-state index in [-0.39, 0.29) is 11.7 Å². The van der Waals surface area contributed by atoms with Crippen molar-refractivity contribution in [2.45, 2.75) is 13.8 Å². The zero-order valence-corrected chi connectivity index (χ0v) is 16.5. The number of hydrogen-bond donors (Lipinski definition) is 1. The van der Waals surface area contributed by atoms with Crippen molar-refractivity contribution in [3.05, 3.63) is 59.9 Å². The van der Waals surface area contributed by atoms with Gasteiger partial charge in [0.05, 0.1) is 11.6 Å². The molecule has 7 heteroatoms. The largest absolute Gasteiger partial charge is 0.368 e. The molecule has 2 aromatic carbocycles. The number of carbonyl (C=O) groups excluding carboxylic acids is 2. The molecule has 2 aromatic rings. The van der Waals surface area contributed by atoms with E-state index in [9.17, 15) is 14.0 Å². The predicted octanol–water partition coefficient (Wildman–Crippen LogP) is 3.01. The normalized spacial score (nSPS) is 14.3. The first-order chi connectivity index (χ1) is 13.8. The van der Waals surface area contributed by atoms with Crippen molar-refractivity contribution in [3.8, 4) is 6.07 Å². The average molecular weight is 394 g/mol. The summed E-state index contributed by atoms with van der Waals surface area (Å²) in [6.07, 6.45) is 0. The van der Waals surface area contributed by atoms with E-state index >= 15 is 0 Å². The number of nitriles is 1. The number of carbonyl (C=O) groups is 2. The van der Waals surface area contributed by atoms with Crippen LogP contribution in [0.5, 0.6) is 0 Å². The molecule has 1 heterocycles. The molecule has 150 valence electrons. The second-order valence-electron chi connectivity index (χ2n) is 7.52. The summed E-state index contributed by atoms with van der Waals surface area (Å²) in [6, 6.07) is 14.8. The second kappa shape index (κ2) is 8.31. The van der Waals surface area contributed by atoms with Gasteiger partial charge in [0.25, 0.3) is 0 Å². The Bertz CT molecular complexity index is 925. The number of piperazine rings is 1. The van der Waals surface area contributed by atoms with E-state index in [0.717, 1.165) is 5.69 Å². The number of nitrogens with zero attached hydrogens (tertiary/aromatic N) is 3. The molecule has 0 bridgehead atoms. The quantitative estimate of drug-likeness (QED) is 0.809. The Balaban J connectivity index is 1.60. The molecule has 0 spiro atoms. The van der Waals surface area contributed by atoms with Gasteiger partial charge in [0, 0.05) is 37.6 Å². The zero-order valence-electron chi connectivity index (χ0n) is 16.5. The molecule has 1 N–H and O–H groups in total. The Morgan fingerprint density at radius 3 is 2.14 bits per heavy atom. The summed E-state index contributed by atoms with van der Waals surface area (Å²) >= 11 is 0. The van der Waals surface area contributed by atoms with Crippen LogP contribution in [0.2, 0.25) is 0 Å². The van der Waals surface area contributed by atoms with Gasteiger partial charge in [-0.1, -0.05) is 0 Å². The molecule has 1 fully saturated rings. The van der Waals surface area contributed by atoms with Gasteiger partial charge in [0.1, 0.15) is 11.2 Å². The van der Waals surface area contributed by atoms with Crippen LogP contribution in [-0.2, 0) is 9.59 Å². The smallest absolute Gasteiger partial charge is 0.239 e. The lowest BCUT2D eigenvalue weighted by molar-refractivity contribution is -0.146. The van der Waals surface area contributed by atoms with Crippen LogP contribution in [0.3, 0.4) is 0 Å². The van der Waals surface area contributed by atoms with Gasteiger partial charge in [0.2, 0.25) is 11.8 Å². The SMILES string of the molecule is CC(C)(C(=O)Nc1ccc(C#N)cc1)C(=O)N1CCN(c2ccc(F)cc2)CC1. The van der Waals surface area contributed by atoms with Gasteiger partial charge in [-0.25, -0.2) is 4.39 Å². The van der Waals surface area contributed by atoms with Gasteiger partial charge in [-0.2, -0.15) is 5.26 Å². The van der Waals surface area contributed by atoms with Gasteiger partial charge < -0.3 is 15.1 Å². The zero-order chi connectivity index (χ0) is 21.0. The maximum absolute atomic E-state index is 13.1. The number of amides is 2. The summed E-state index contributed by atoms with van der Waals surface area (Å²) in [7, 11) is 0. The highest BCUT2D eigenvalue weighted by molar-refractivity contribution is 6.09. The minimum absolute atomic E-state index is 0.234. The van der Waals surface area contributed by atoms with E-state index in [1.165, 1.54) is 12.1 Å². The lowest BCUT2D eigenvalue weighted by Gasteiger charge is -2.39. The summed E-state index contributed by atoms with van der Waals surface area (Å²) in [5.74, 6) is -0.909. The van der Waals surface area contributed by atoms with Crippen LogP contribution in [0.15, 0.2) is 48.5 Å². The predicted molar refractivity (Wildman–Crippen MR) is 109 cm³/mol. The molecular formula is C22H23FN4O2. The topological polar surface area (TPSA) is 76.4 Å². The Hall–Kier alpha value is -3.40. The Labute approximate surface area is 169 Å². The monoisotopic (exact) mass is 394 g/mol. The number of anilines is 2. The first-order valence-corrected chi connectivity index (χ1v) is 9.43. The van der Waals surface area contributed by atoms with E-state index in [4.69, 9.17) is 5.26 Å². The highest BCUT2D eigenvalue weighted by Gasteiger charge is 2.40. The van der Waals surface area contributed by atoms with Crippen molar-refractivity contribution < 1.29 is 14.0 Å². The third-order valence-corrected chi connectivity index (χ3v) is 5.13.